The van der Waals surface area contributed by atoms with E-state index in [0.29, 0.717) is 22.0 Å². The van der Waals surface area contributed by atoms with Crippen LogP contribution in [0.1, 0.15) is 5.56 Å². The van der Waals surface area contributed by atoms with Crippen molar-refractivity contribution in [1.82, 2.24) is 4.98 Å². The van der Waals surface area contributed by atoms with E-state index in [1.807, 2.05) is 25.1 Å². The SMILES string of the molecule is Cc1cc(Cl)cc(-c2nccc3c(N)c(N)oc23)c1. The van der Waals surface area contributed by atoms with Crippen LogP contribution >= 0.6 is 11.6 Å². The summed E-state index contributed by atoms with van der Waals surface area (Å²) >= 11 is 6.08. The molecule has 0 unspecified atom stereocenters. The lowest BCUT2D eigenvalue weighted by Gasteiger charge is -2.04. The van der Waals surface area contributed by atoms with Crippen LogP contribution in [0, 0.1) is 6.92 Å². The fraction of sp³-hybridized carbons (Fsp3) is 0.0714. The zero-order chi connectivity index (χ0) is 13.6. The summed E-state index contributed by atoms with van der Waals surface area (Å²) in [6.45, 7) is 1.97. The smallest absolute Gasteiger partial charge is 0.214 e. The fourth-order valence-electron chi connectivity index (χ4n) is 2.14. The summed E-state index contributed by atoms with van der Waals surface area (Å²) in [4.78, 5) is 4.35. The maximum Gasteiger partial charge on any atom is 0.214 e. The van der Waals surface area contributed by atoms with E-state index in [0.717, 1.165) is 16.5 Å². The number of fused-ring (bicyclic) bond motifs is 1. The zero-order valence-corrected chi connectivity index (χ0v) is 11.0. The molecule has 0 fully saturated rings. The van der Waals surface area contributed by atoms with Gasteiger partial charge in [0, 0.05) is 22.2 Å². The highest BCUT2D eigenvalue weighted by Crippen LogP contribution is 2.36. The third-order valence-electron chi connectivity index (χ3n) is 2.99. The molecule has 0 bridgehead atoms. The number of anilines is 2. The molecule has 3 rings (SSSR count). The Hall–Kier alpha value is -2.20. The normalized spacial score (nSPS) is 11.1. The van der Waals surface area contributed by atoms with Gasteiger partial charge in [0.2, 0.25) is 5.88 Å². The van der Waals surface area contributed by atoms with E-state index >= 15 is 0 Å². The molecule has 4 N–H and O–H groups in total. The molecule has 2 aromatic heterocycles. The average Bonchev–Trinajstić information content (AvgIpc) is 2.64. The molecule has 0 radical (unpaired) electrons. The van der Waals surface area contributed by atoms with Crippen LogP contribution in [0.2, 0.25) is 5.02 Å². The summed E-state index contributed by atoms with van der Waals surface area (Å²) in [7, 11) is 0. The monoisotopic (exact) mass is 273 g/mol. The molecule has 0 aliphatic rings. The van der Waals surface area contributed by atoms with E-state index in [1.54, 1.807) is 12.3 Å². The van der Waals surface area contributed by atoms with Crippen molar-refractivity contribution in [2.45, 2.75) is 6.92 Å². The molecular weight excluding hydrogens is 262 g/mol. The van der Waals surface area contributed by atoms with E-state index in [9.17, 15) is 0 Å². The summed E-state index contributed by atoms with van der Waals surface area (Å²) in [6.07, 6.45) is 1.68. The molecule has 19 heavy (non-hydrogen) atoms. The van der Waals surface area contributed by atoms with E-state index in [4.69, 9.17) is 27.5 Å². The van der Waals surface area contributed by atoms with Crippen LogP contribution in [-0.2, 0) is 0 Å². The second-order valence-corrected chi connectivity index (χ2v) is 4.87. The highest BCUT2D eigenvalue weighted by molar-refractivity contribution is 6.31. The minimum Gasteiger partial charge on any atom is -0.436 e. The van der Waals surface area contributed by atoms with Gasteiger partial charge in [-0.1, -0.05) is 11.6 Å². The summed E-state index contributed by atoms with van der Waals surface area (Å²) < 4.78 is 5.51. The number of aryl methyl sites for hydroxylation is 1. The highest BCUT2D eigenvalue weighted by atomic mass is 35.5. The maximum atomic E-state index is 6.08. The van der Waals surface area contributed by atoms with Crippen molar-refractivity contribution in [3.8, 4) is 11.3 Å². The summed E-state index contributed by atoms with van der Waals surface area (Å²) in [5.74, 6) is 0.211. The predicted octanol–water partition coefficient (Wildman–Crippen LogP) is 3.62. The number of rotatable bonds is 1. The van der Waals surface area contributed by atoms with Crippen LogP contribution < -0.4 is 11.5 Å². The van der Waals surface area contributed by atoms with Crippen molar-refractivity contribution in [3.05, 3.63) is 41.0 Å². The highest BCUT2D eigenvalue weighted by Gasteiger charge is 2.14. The number of aromatic nitrogens is 1. The van der Waals surface area contributed by atoms with Gasteiger partial charge in [-0.3, -0.25) is 4.98 Å². The number of hydrogen-bond donors (Lipinski definition) is 2. The van der Waals surface area contributed by atoms with E-state index < -0.39 is 0 Å². The van der Waals surface area contributed by atoms with Crippen LogP contribution in [-0.4, -0.2) is 4.98 Å². The Balaban J connectivity index is 2.33. The van der Waals surface area contributed by atoms with Crippen LogP contribution in [0.4, 0.5) is 11.6 Å². The first-order chi connectivity index (χ1) is 9.06. The van der Waals surface area contributed by atoms with Gasteiger partial charge in [0.15, 0.2) is 5.58 Å². The third kappa shape index (κ3) is 1.90. The number of benzene rings is 1. The number of halogens is 1. The van der Waals surface area contributed by atoms with Gasteiger partial charge >= 0.3 is 0 Å². The van der Waals surface area contributed by atoms with Gasteiger partial charge in [-0.2, -0.15) is 0 Å². The molecular formula is C14H12ClN3O. The largest absolute Gasteiger partial charge is 0.436 e. The summed E-state index contributed by atoms with van der Waals surface area (Å²) in [5, 5.41) is 1.42. The van der Waals surface area contributed by atoms with E-state index in [-0.39, 0.29) is 5.88 Å². The first-order valence-corrected chi connectivity index (χ1v) is 6.14. The Morgan fingerprint density at radius 3 is 2.74 bits per heavy atom. The first kappa shape index (κ1) is 11.9. The van der Waals surface area contributed by atoms with Gasteiger partial charge < -0.3 is 15.9 Å². The number of furan rings is 1. The fourth-order valence-corrected chi connectivity index (χ4v) is 2.43. The lowest BCUT2D eigenvalue weighted by Crippen LogP contribution is -1.89. The molecule has 5 heteroatoms. The Kier molecular flexibility index (Phi) is 2.61. The quantitative estimate of drug-likeness (QED) is 0.710. The van der Waals surface area contributed by atoms with Crippen molar-refractivity contribution in [1.29, 1.82) is 0 Å². The van der Waals surface area contributed by atoms with Crippen LogP contribution in [0.5, 0.6) is 0 Å². The van der Waals surface area contributed by atoms with Gasteiger partial charge in [-0.25, -0.2) is 0 Å². The molecule has 0 atom stereocenters. The average molecular weight is 274 g/mol. The summed E-state index contributed by atoms with van der Waals surface area (Å²) in [5.41, 5.74) is 15.2. The Morgan fingerprint density at radius 2 is 2.00 bits per heavy atom. The van der Waals surface area contributed by atoms with Crippen molar-refractivity contribution < 1.29 is 4.42 Å². The molecule has 0 aliphatic heterocycles. The number of nitrogens with zero attached hydrogens (tertiary/aromatic N) is 1. The second kappa shape index (κ2) is 4.17. The number of nitrogens with two attached hydrogens (primary N) is 2. The molecule has 0 amide bonds. The van der Waals surface area contributed by atoms with Crippen molar-refractivity contribution in [2.24, 2.45) is 0 Å². The minimum absolute atomic E-state index is 0.211. The number of hydrogen-bond acceptors (Lipinski definition) is 4. The molecule has 4 nitrogen and oxygen atoms in total. The molecule has 3 aromatic rings. The minimum atomic E-state index is 0.211. The number of pyridine rings is 1. The van der Waals surface area contributed by atoms with Crippen molar-refractivity contribution >= 4 is 34.1 Å². The summed E-state index contributed by atoms with van der Waals surface area (Å²) in [6, 6.07) is 7.50. The van der Waals surface area contributed by atoms with Gasteiger partial charge in [-0.15, -0.1) is 0 Å². The molecule has 0 saturated heterocycles. The third-order valence-corrected chi connectivity index (χ3v) is 3.21. The molecule has 1 aromatic carbocycles. The lowest BCUT2D eigenvalue weighted by atomic mass is 10.1. The van der Waals surface area contributed by atoms with Gasteiger partial charge in [0.1, 0.15) is 11.4 Å². The number of nitrogen functional groups attached to an aromatic ring is 2. The standard InChI is InChI=1S/C14H12ClN3O/c1-7-4-8(6-9(15)5-7)12-13-10(2-3-18-12)11(16)14(17)19-13/h2-6H,16-17H2,1H3. The van der Waals surface area contributed by atoms with Crippen LogP contribution in [0.15, 0.2) is 34.9 Å². The first-order valence-electron chi connectivity index (χ1n) is 5.76. The second-order valence-electron chi connectivity index (χ2n) is 4.43. The van der Waals surface area contributed by atoms with Crippen LogP contribution in [0.3, 0.4) is 0 Å². The molecule has 0 aliphatic carbocycles. The topological polar surface area (TPSA) is 78.1 Å². The van der Waals surface area contributed by atoms with E-state index in [1.165, 1.54) is 0 Å². The Labute approximate surface area is 115 Å². The van der Waals surface area contributed by atoms with Gasteiger partial charge in [-0.05, 0) is 36.8 Å². The Bertz CT molecular complexity index is 759. The van der Waals surface area contributed by atoms with E-state index in [2.05, 4.69) is 4.98 Å². The van der Waals surface area contributed by atoms with Crippen LogP contribution in [0.25, 0.3) is 22.2 Å². The maximum absolute atomic E-state index is 6.08. The molecule has 0 saturated carbocycles. The van der Waals surface area contributed by atoms with Crippen molar-refractivity contribution in [3.63, 3.8) is 0 Å². The van der Waals surface area contributed by atoms with Gasteiger partial charge in [0.05, 0.1) is 0 Å². The predicted molar refractivity (Wildman–Crippen MR) is 78.0 cm³/mol. The lowest BCUT2D eigenvalue weighted by molar-refractivity contribution is 0.638. The molecule has 96 valence electrons. The molecule has 0 spiro atoms. The molecule has 2 heterocycles. The van der Waals surface area contributed by atoms with Gasteiger partial charge in [0.25, 0.3) is 0 Å². The van der Waals surface area contributed by atoms with Crippen molar-refractivity contribution in [2.75, 3.05) is 11.5 Å². The zero-order valence-electron chi connectivity index (χ0n) is 10.3. The Morgan fingerprint density at radius 1 is 1.21 bits per heavy atom.